The Labute approximate surface area is 95.0 Å². The van der Waals surface area contributed by atoms with Crippen LogP contribution in [0.5, 0.6) is 0 Å². The molecule has 2 N–H and O–H groups in total. The number of nitrogens with one attached hydrogen (secondary N) is 2. The summed E-state index contributed by atoms with van der Waals surface area (Å²) in [6.45, 7) is 1.03. The minimum absolute atomic E-state index is 0.306. The van der Waals surface area contributed by atoms with Gasteiger partial charge in [0.05, 0.1) is 16.9 Å². The van der Waals surface area contributed by atoms with Crippen molar-refractivity contribution in [2.24, 2.45) is 0 Å². The second-order valence-electron chi connectivity index (χ2n) is 4.66. The van der Waals surface area contributed by atoms with Gasteiger partial charge in [0.15, 0.2) is 0 Å². The van der Waals surface area contributed by atoms with Gasteiger partial charge in [-0.3, -0.25) is 0 Å². The van der Waals surface area contributed by atoms with Crippen molar-refractivity contribution in [1.82, 2.24) is 0 Å². The molecule has 1 aromatic carbocycles. The van der Waals surface area contributed by atoms with E-state index >= 15 is 0 Å². The van der Waals surface area contributed by atoms with Crippen molar-refractivity contribution in [1.29, 1.82) is 0 Å². The summed E-state index contributed by atoms with van der Waals surface area (Å²) in [6, 6.07) is 6.01. The lowest BCUT2D eigenvalue weighted by molar-refractivity contribution is 0.500. The van der Waals surface area contributed by atoms with E-state index in [-0.39, 0.29) is 0 Å². The number of hydrogen-bond donors (Lipinski definition) is 2. The molecule has 2 aliphatic rings. The van der Waals surface area contributed by atoms with E-state index in [0.717, 1.165) is 17.3 Å². The first-order valence-corrected chi connectivity index (χ1v) is 5.97. The minimum Gasteiger partial charge on any atom is -0.381 e. The Balaban J connectivity index is 1.93. The number of anilines is 2. The van der Waals surface area contributed by atoms with Crippen LogP contribution in [0.25, 0.3) is 0 Å². The topological polar surface area (TPSA) is 24.1 Å². The zero-order valence-electron chi connectivity index (χ0n) is 8.65. The zero-order chi connectivity index (χ0) is 10.3. The molecular weight excluding hydrogens is 208 g/mol. The second-order valence-corrected chi connectivity index (χ2v) is 5.09. The number of rotatable bonds is 0. The Morgan fingerprint density at radius 1 is 1.13 bits per heavy atom. The summed E-state index contributed by atoms with van der Waals surface area (Å²) in [6.07, 6.45) is 5.25. The molecule has 15 heavy (non-hydrogen) atoms. The summed E-state index contributed by atoms with van der Waals surface area (Å²) in [5.74, 6) is 0. The maximum Gasteiger partial charge on any atom is 0.0591 e. The van der Waals surface area contributed by atoms with Crippen molar-refractivity contribution in [2.75, 3.05) is 17.2 Å². The van der Waals surface area contributed by atoms with Crippen LogP contribution in [0.1, 0.15) is 25.7 Å². The van der Waals surface area contributed by atoms with Crippen molar-refractivity contribution in [3.8, 4) is 0 Å². The average Bonchev–Trinajstić information content (AvgIpc) is 2.67. The first-order chi connectivity index (χ1) is 7.27. The fourth-order valence-corrected chi connectivity index (χ4v) is 2.89. The highest BCUT2D eigenvalue weighted by atomic mass is 35.5. The third-order valence-electron chi connectivity index (χ3n) is 3.56. The molecule has 0 radical (unpaired) electrons. The molecule has 1 fully saturated rings. The predicted molar refractivity (Wildman–Crippen MR) is 64.8 cm³/mol. The van der Waals surface area contributed by atoms with Crippen molar-refractivity contribution in [2.45, 2.75) is 31.2 Å². The number of hydrogen-bond acceptors (Lipinski definition) is 2. The van der Waals surface area contributed by atoms with E-state index in [0.29, 0.717) is 5.54 Å². The lowest BCUT2D eigenvalue weighted by Crippen LogP contribution is -2.45. The standard InChI is InChI=1S/C12H15ClN2/c13-9-3-4-10-11(7-9)14-8-12(15-10)5-1-2-6-12/h3-4,7,14-15H,1-2,5-6,8H2. The first-order valence-electron chi connectivity index (χ1n) is 5.59. The molecule has 1 spiro atoms. The Bertz CT molecular complexity index is 383. The maximum atomic E-state index is 5.96. The zero-order valence-corrected chi connectivity index (χ0v) is 9.40. The van der Waals surface area contributed by atoms with E-state index in [1.807, 2.05) is 12.1 Å². The number of benzene rings is 1. The molecule has 3 heteroatoms. The molecule has 0 bridgehead atoms. The lowest BCUT2D eigenvalue weighted by Gasteiger charge is -2.37. The van der Waals surface area contributed by atoms with Gasteiger partial charge in [0.1, 0.15) is 0 Å². The summed E-state index contributed by atoms with van der Waals surface area (Å²) in [7, 11) is 0. The molecule has 3 rings (SSSR count). The van der Waals surface area contributed by atoms with Crippen molar-refractivity contribution < 1.29 is 0 Å². The number of fused-ring (bicyclic) bond motifs is 1. The van der Waals surface area contributed by atoms with Gasteiger partial charge in [0.25, 0.3) is 0 Å². The third kappa shape index (κ3) is 1.57. The normalized spacial score (nSPS) is 21.9. The molecule has 1 aromatic rings. The van der Waals surface area contributed by atoms with Gasteiger partial charge in [0.2, 0.25) is 0 Å². The van der Waals surface area contributed by atoms with Gasteiger partial charge in [-0.2, -0.15) is 0 Å². The van der Waals surface area contributed by atoms with E-state index in [1.165, 1.54) is 31.4 Å². The van der Waals surface area contributed by atoms with Crippen LogP contribution in [0.3, 0.4) is 0 Å². The summed E-state index contributed by atoms with van der Waals surface area (Å²) in [5.41, 5.74) is 2.65. The first kappa shape index (κ1) is 9.34. The van der Waals surface area contributed by atoms with E-state index in [4.69, 9.17) is 11.6 Å². The second kappa shape index (κ2) is 3.31. The van der Waals surface area contributed by atoms with Crippen molar-refractivity contribution in [3.63, 3.8) is 0 Å². The van der Waals surface area contributed by atoms with Crippen LogP contribution >= 0.6 is 11.6 Å². The highest BCUT2D eigenvalue weighted by Gasteiger charge is 2.36. The Morgan fingerprint density at radius 2 is 1.93 bits per heavy atom. The average molecular weight is 223 g/mol. The van der Waals surface area contributed by atoms with E-state index in [1.54, 1.807) is 0 Å². The van der Waals surface area contributed by atoms with Gasteiger partial charge in [-0.25, -0.2) is 0 Å². The fraction of sp³-hybridized carbons (Fsp3) is 0.500. The molecular formula is C12H15ClN2. The van der Waals surface area contributed by atoms with Gasteiger partial charge in [-0.05, 0) is 31.0 Å². The molecule has 0 amide bonds. The molecule has 0 atom stereocenters. The molecule has 80 valence electrons. The molecule has 0 unspecified atom stereocenters. The summed E-state index contributed by atoms with van der Waals surface area (Å²) in [5, 5.41) is 7.96. The van der Waals surface area contributed by atoms with Gasteiger partial charge in [-0.1, -0.05) is 24.4 Å². The summed E-state index contributed by atoms with van der Waals surface area (Å²) >= 11 is 5.96. The minimum atomic E-state index is 0.306. The van der Waals surface area contributed by atoms with E-state index in [9.17, 15) is 0 Å². The lowest BCUT2D eigenvalue weighted by atomic mass is 9.94. The highest BCUT2D eigenvalue weighted by molar-refractivity contribution is 6.31. The summed E-state index contributed by atoms with van der Waals surface area (Å²) in [4.78, 5) is 0. The SMILES string of the molecule is Clc1ccc2c(c1)NCC1(CCCC1)N2. The van der Waals surface area contributed by atoms with Crippen LogP contribution in [0.4, 0.5) is 11.4 Å². The summed E-state index contributed by atoms with van der Waals surface area (Å²) < 4.78 is 0. The van der Waals surface area contributed by atoms with Crippen molar-refractivity contribution in [3.05, 3.63) is 23.2 Å². The largest absolute Gasteiger partial charge is 0.381 e. The van der Waals surface area contributed by atoms with Gasteiger partial charge in [-0.15, -0.1) is 0 Å². The molecule has 1 heterocycles. The Kier molecular flexibility index (Phi) is 2.06. The number of halogens is 1. The van der Waals surface area contributed by atoms with Crippen LogP contribution in [0, 0.1) is 0 Å². The molecule has 2 nitrogen and oxygen atoms in total. The van der Waals surface area contributed by atoms with Gasteiger partial charge < -0.3 is 10.6 Å². The van der Waals surface area contributed by atoms with Crippen LogP contribution < -0.4 is 10.6 Å². The van der Waals surface area contributed by atoms with Crippen LogP contribution in [0.2, 0.25) is 5.02 Å². The van der Waals surface area contributed by atoms with Crippen molar-refractivity contribution >= 4 is 23.0 Å². The monoisotopic (exact) mass is 222 g/mol. The fourth-order valence-electron chi connectivity index (χ4n) is 2.72. The predicted octanol–water partition coefficient (Wildman–Crippen LogP) is 3.49. The van der Waals surface area contributed by atoms with Crippen LogP contribution in [0.15, 0.2) is 18.2 Å². The molecule has 1 aliphatic carbocycles. The third-order valence-corrected chi connectivity index (χ3v) is 3.79. The Hall–Kier alpha value is -0.890. The molecule has 0 saturated heterocycles. The highest BCUT2D eigenvalue weighted by Crippen LogP contribution is 2.39. The quantitative estimate of drug-likeness (QED) is 0.702. The van der Waals surface area contributed by atoms with Gasteiger partial charge in [0, 0.05) is 11.6 Å². The van der Waals surface area contributed by atoms with E-state index < -0.39 is 0 Å². The van der Waals surface area contributed by atoms with Gasteiger partial charge >= 0.3 is 0 Å². The molecule has 0 aromatic heterocycles. The van der Waals surface area contributed by atoms with Crippen LogP contribution in [-0.2, 0) is 0 Å². The molecule has 1 saturated carbocycles. The van der Waals surface area contributed by atoms with Crippen LogP contribution in [-0.4, -0.2) is 12.1 Å². The van der Waals surface area contributed by atoms with E-state index in [2.05, 4.69) is 16.7 Å². The maximum absolute atomic E-state index is 5.96. The Morgan fingerprint density at radius 3 is 2.73 bits per heavy atom. The smallest absolute Gasteiger partial charge is 0.0591 e. The molecule has 1 aliphatic heterocycles.